The topological polar surface area (TPSA) is 98.4 Å². The third-order valence-corrected chi connectivity index (χ3v) is 6.21. The van der Waals surface area contributed by atoms with Crippen molar-refractivity contribution in [1.82, 2.24) is 24.1 Å². The van der Waals surface area contributed by atoms with Crippen LogP contribution < -0.4 is 10.6 Å². The van der Waals surface area contributed by atoms with Gasteiger partial charge in [-0.3, -0.25) is 9.78 Å². The Morgan fingerprint density at radius 2 is 2.03 bits per heavy atom. The number of halogens is 5. The third-order valence-electron chi connectivity index (χ3n) is 5.85. The summed E-state index contributed by atoms with van der Waals surface area (Å²) in [5, 5.41) is 9.72. The Kier molecular flexibility index (Phi) is 6.44. The van der Waals surface area contributed by atoms with Crippen molar-refractivity contribution in [1.29, 1.82) is 0 Å². The number of rotatable bonds is 5. The zero-order valence-electron chi connectivity index (χ0n) is 19.7. The highest BCUT2D eigenvalue weighted by Crippen LogP contribution is 2.42. The van der Waals surface area contributed by atoms with Gasteiger partial charge in [0.15, 0.2) is 17.3 Å². The molecule has 1 fully saturated rings. The van der Waals surface area contributed by atoms with E-state index in [-0.39, 0.29) is 45.7 Å². The summed E-state index contributed by atoms with van der Waals surface area (Å²) in [5.41, 5.74) is 1.13. The van der Waals surface area contributed by atoms with E-state index in [1.54, 1.807) is 16.2 Å². The summed E-state index contributed by atoms with van der Waals surface area (Å²) < 4.78 is 62.3. The number of hydrogen-bond donors (Lipinski definition) is 2. The molecule has 1 unspecified atom stereocenters. The molecule has 2 N–H and O–H groups in total. The molecule has 0 spiro atoms. The van der Waals surface area contributed by atoms with Gasteiger partial charge in [-0.1, -0.05) is 11.6 Å². The number of hydrogen-bond acceptors (Lipinski definition) is 6. The molecule has 0 radical (unpaired) electrons. The minimum atomic E-state index is -5.07. The average Bonchev–Trinajstić information content (AvgIpc) is 3.45. The standard InChI is InChI=1S/C23H22ClF4N7O2/c1-11(2)30-21-19(25)18(24)17(12-8-35(33-20(12)21)16-5-3-4-6-37-16)13-9-34-10-14(31-15(34)7-29-13)32-22(36)23(26,27)28/h7-11,16,30H,3-6H2,1-2H3,(H,32,36). The van der Waals surface area contributed by atoms with E-state index < -0.39 is 17.9 Å². The number of fused-ring (bicyclic) bond motifs is 2. The first-order valence-electron chi connectivity index (χ1n) is 11.5. The molecule has 1 atom stereocenters. The van der Waals surface area contributed by atoms with Crippen LogP contribution in [0.5, 0.6) is 0 Å². The number of nitrogens with zero attached hydrogens (tertiary/aromatic N) is 5. The zero-order chi connectivity index (χ0) is 26.5. The van der Waals surface area contributed by atoms with Gasteiger partial charge in [-0.25, -0.2) is 14.1 Å². The van der Waals surface area contributed by atoms with Crippen LogP contribution in [0.1, 0.15) is 39.3 Å². The minimum Gasteiger partial charge on any atom is -0.379 e. The predicted molar refractivity (Wildman–Crippen MR) is 129 cm³/mol. The molecule has 1 aliphatic rings. The predicted octanol–water partition coefficient (Wildman–Crippen LogP) is 5.56. The van der Waals surface area contributed by atoms with Crippen LogP contribution in [0.2, 0.25) is 5.02 Å². The molecule has 0 aliphatic carbocycles. The average molecular weight is 540 g/mol. The first kappa shape index (κ1) is 25.2. The first-order valence-corrected chi connectivity index (χ1v) is 11.9. The quantitative estimate of drug-likeness (QED) is 0.322. The van der Waals surface area contributed by atoms with Crippen molar-refractivity contribution in [3.8, 4) is 11.3 Å². The minimum absolute atomic E-state index is 0.110. The lowest BCUT2D eigenvalue weighted by Crippen LogP contribution is -2.30. The molecule has 5 rings (SSSR count). The van der Waals surface area contributed by atoms with Crippen LogP contribution in [-0.2, 0) is 9.53 Å². The van der Waals surface area contributed by atoms with Crippen LogP contribution in [0.25, 0.3) is 27.8 Å². The summed E-state index contributed by atoms with van der Waals surface area (Å²) in [6, 6.07) is -0.110. The van der Waals surface area contributed by atoms with Gasteiger partial charge in [0, 0.05) is 36.0 Å². The van der Waals surface area contributed by atoms with Gasteiger partial charge < -0.3 is 19.8 Å². The van der Waals surface area contributed by atoms with E-state index in [1.165, 1.54) is 23.0 Å². The Bertz CT molecular complexity index is 1490. The monoisotopic (exact) mass is 539 g/mol. The maximum Gasteiger partial charge on any atom is 0.471 e. The Balaban J connectivity index is 1.64. The van der Waals surface area contributed by atoms with Gasteiger partial charge in [-0.15, -0.1) is 0 Å². The number of aromatic nitrogens is 5. The van der Waals surface area contributed by atoms with Crippen LogP contribution in [0.15, 0.2) is 24.8 Å². The number of nitrogens with one attached hydrogen (secondary N) is 2. The maximum absolute atomic E-state index is 15.6. The Hall–Kier alpha value is -3.45. The fourth-order valence-corrected chi connectivity index (χ4v) is 4.52. The van der Waals surface area contributed by atoms with Crippen LogP contribution in [0.4, 0.5) is 29.1 Å². The number of carbonyl (C=O) groups excluding carboxylic acids is 1. The number of ether oxygens (including phenoxy) is 1. The van der Waals surface area contributed by atoms with Gasteiger partial charge >= 0.3 is 12.1 Å². The van der Waals surface area contributed by atoms with E-state index in [4.69, 9.17) is 16.3 Å². The summed E-state index contributed by atoms with van der Waals surface area (Å²) in [7, 11) is 0. The van der Waals surface area contributed by atoms with Crippen LogP contribution >= 0.6 is 11.6 Å². The van der Waals surface area contributed by atoms with Gasteiger partial charge in [-0.05, 0) is 33.1 Å². The van der Waals surface area contributed by atoms with E-state index >= 15 is 4.39 Å². The molecular weight excluding hydrogens is 518 g/mol. The lowest BCUT2D eigenvalue weighted by atomic mass is 10.0. The van der Waals surface area contributed by atoms with E-state index in [1.807, 2.05) is 13.8 Å². The van der Waals surface area contributed by atoms with E-state index in [0.29, 0.717) is 17.5 Å². The Morgan fingerprint density at radius 3 is 2.70 bits per heavy atom. The molecule has 1 aliphatic heterocycles. The van der Waals surface area contributed by atoms with Crippen molar-refractivity contribution in [3.63, 3.8) is 0 Å². The molecular formula is C23H22ClF4N7O2. The molecule has 1 saturated heterocycles. The Labute approximate surface area is 212 Å². The molecule has 4 aromatic rings. The van der Waals surface area contributed by atoms with Gasteiger partial charge in [0.05, 0.1) is 23.1 Å². The van der Waals surface area contributed by atoms with Crippen molar-refractivity contribution >= 4 is 45.6 Å². The lowest BCUT2D eigenvalue weighted by Gasteiger charge is -2.22. The molecule has 1 aromatic carbocycles. The highest BCUT2D eigenvalue weighted by atomic mass is 35.5. The van der Waals surface area contributed by atoms with Gasteiger partial charge in [0.2, 0.25) is 0 Å². The van der Waals surface area contributed by atoms with Crippen LogP contribution in [0.3, 0.4) is 0 Å². The normalized spacial score (nSPS) is 16.6. The van der Waals surface area contributed by atoms with Crippen molar-refractivity contribution in [2.75, 3.05) is 17.2 Å². The second kappa shape index (κ2) is 9.45. The van der Waals surface area contributed by atoms with Crippen molar-refractivity contribution in [3.05, 3.63) is 35.6 Å². The molecule has 0 saturated carbocycles. The van der Waals surface area contributed by atoms with Crippen LogP contribution in [0, 0.1) is 5.82 Å². The molecule has 37 heavy (non-hydrogen) atoms. The molecule has 14 heteroatoms. The SMILES string of the molecule is CC(C)Nc1c(F)c(Cl)c(-c2cn3cc(NC(=O)C(F)(F)F)nc3cn2)c2cn(C3CCCCO3)nc12. The largest absolute Gasteiger partial charge is 0.471 e. The number of amides is 1. The van der Waals surface area contributed by atoms with E-state index in [9.17, 15) is 18.0 Å². The highest BCUT2D eigenvalue weighted by molar-refractivity contribution is 6.35. The summed E-state index contributed by atoms with van der Waals surface area (Å²) in [4.78, 5) is 19.5. The van der Waals surface area contributed by atoms with Crippen LogP contribution in [-0.4, -0.2) is 48.9 Å². The maximum atomic E-state index is 15.6. The van der Waals surface area contributed by atoms with Gasteiger partial charge in [0.1, 0.15) is 17.4 Å². The third kappa shape index (κ3) is 4.80. The Morgan fingerprint density at radius 1 is 1.24 bits per heavy atom. The second-order valence-electron chi connectivity index (χ2n) is 8.99. The highest BCUT2D eigenvalue weighted by Gasteiger charge is 2.39. The first-order chi connectivity index (χ1) is 17.5. The lowest BCUT2D eigenvalue weighted by molar-refractivity contribution is -0.167. The second-order valence-corrected chi connectivity index (χ2v) is 9.36. The number of imidazole rings is 1. The fraction of sp³-hybridized carbons (Fsp3) is 0.391. The molecule has 1 amide bonds. The van der Waals surface area contributed by atoms with E-state index in [2.05, 4.69) is 20.4 Å². The number of carbonyl (C=O) groups is 1. The summed E-state index contributed by atoms with van der Waals surface area (Å²) in [5.74, 6) is -3.18. The molecule has 4 heterocycles. The van der Waals surface area contributed by atoms with Gasteiger partial charge in [0.25, 0.3) is 0 Å². The summed E-state index contributed by atoms with van der Waals surface area (Å²) >= 11 is 6.54. The summed E-state index contributed by atoms with van der Waals surface area (Å²) in [6.45, 7) is 4.31. The number of benzene rings is 1. The smallest absolute Gasteiger partial charge is 0.379 e. The fourth-order valence-electron chi connectivity index (χ4n) is 4.23. The molecule has 196 valence electrons. The zero-order valence-corrected chi connectivity index (χ0v) is 20.5. The molecule has 3 aromatic heterocycles. The van der Waals surface area contributed by atoms with Crippen molar-refractivity contribution < 1.29 is 27.1 Å². The number of alkyl halides is 3. The van der Waals surface area contributed by atoms with Crippen molar-refractivity contribution in [2.24, 2.45) is 0 Å². The summed E-state index contributed by atoms with van der Waals surface area (Å²) in [6.07, 6.45) is 2.93. The van der Waals surface area contributed by atoms with Crippen molar-refractivity contribution in [2.45, 2.75) is 51.6 Å². The van der Waals surface area contributed by atoms with E-state index in [0.717, 1.165) is 19.3 Å². The molecule has 0 bridgehead atoms. The molecule has 9 nitrogen and oxygen atoms in total. The van der Waals surface area contributed by atoms with Gasteiger partial charge in [-0.2, -0.15) is 18.3 Å². The number of anilines is 2.